The number of hydrogen-bond donors (Lipinski definition) is 1. The van der Waals surface area contributed by atoms with Crippen LogP contribution < -0.4 is 5.32 Å². The second kappa shape index (κ2) is 6.01. The van der Waals surface area contributed by atoms with Crippen LogP contribution in [0.25, 0.3) is 0 Å². The van der Waals surface area contributed by atoms with Gasteiger partial charge in [-0.3, -0.25) is 0 Å². The van der Waals surface area contributed by atoms with Crippen molar-refractivity contribution in [1.29, 1.82) is 0 Å². The number of hydrogen-bond acceptors (Lipinski definition) is 1. The van der Waals surface area contributed by atoms with E-state index in [1.165, 1.54) is 29.3 Å². The number of halogens is 1. The highest BCUT2D eigenvalue weighted by atomic mass is 79.9. The summed E-state index contributed by atoms with van der Waals surface area (Å²) in [6.45, 7) is 5.70. The predicted octanol–water partition coefficient (Wildman–Crippen LogP) is 4.36. The summed E-state index contributed by atoms with van der Waals surface area (Å²) in [5.41, 5.74) is 1.36. The van der Waals surface area contributed by atoms with E-state index in [9.17, 15) is 0 Å². The molecule has 0 spiro atoms. The zero-order valence-electron chi connectivity index (χ0n) is 10.7. The zero-order chi connectivity index (χ0) is 12.3. The smallest absolute Gasteiger partial charge is 0.0220 e. The van der Waals surface area contributed by atoms with Crippen molar-refractivity contribution in [1.82, 2.24) is 5.32 Å². The molecule has 2 heteroatoms. The van der Waals surface area contributed by atoms with Crippen LogP contribution >= 0.6 is 15.9 Å². The summed E-state index contributed by atoms with van der Waals surface area (Å²) in [7, 11) is 0. The largest absolute Gasteiger partial charge is 0.310 e. The van der Waals surface area contributed by atoms with Crippen LogP contribution in [-0.2, 0) is 6.54 Å². The van der Waals surface area contributed by atoms with E-state index in [1.807, 2.05) is 0 Å². The molecule has 0 saturated heterocycles. The van der Waals surface area contributed by atoms with Gasteiger partial charge in [-0.15, -0.1) is 0 Å². The minimum absolute atomic E-state index is 0.701. The Kier molecular flexibility index (Phi) is 4.63. The van der Waals surface area contributed by atoms with Crippen molar-refractivity contribution in [2.45, 2.75) is 45.7 Å². The number of nitrogens with one attached hydrogen (secondary N) is 1. The van der Waals surface area contributed by atoms with Gasteiger partial charge in [0.25, 0.3) is 0 Å². The van der Waals surface area contributed by atoms with E-state index in [-0.39, 0.29) is 0 Å². The van der Waals surface area contributed by atoms with Gasteiger partial charge in [-0.05, 0) is 36.3 Å². The molecule has 0 aliphatic heterocycles. The second-order valence-electron chi connectivity index (χ2n) is 5.18. The molecule has 1 nitrogen and oxygen atoms in total. The first-order valence-electron chi connectivity index (χ1n) is 6.69. The maximum atomic E-state index is 3.72. The molecule has 0 aromatic heterocycles. The molecule has 1 aliphatic rings. The van der Waals surface area contributed by atoms with E-state index in [0.29, 0.717) is 6.04 Å². The van der Waals surface area contributed by atoms with Crippen LogP contribution in [0.4, 0.5) is 0 Å². The van der Waals surface area contributed by atoms with Crippen molar-refractivity contribution in [3.8, 4) is 0 Å². The molecule has 94 valence electrons. The molecule has 0 bridgehead atoms. The van der Waals surface area contributed by atoms with Gasteiger partial charge in [-0.1, -0.05) is 54.4 Å². The van der Waals surface area contributed by atoms with Gasteiger partial charge in [0.2, 0.25) is 0 Å². The van der Waals surface area contributed by atoms with E-state index in [0.717, 1.165) is 18.4 Å². The summed E-state index contributed by atoms with van der Waals surface area (Å²) >= 11 is 3.61. The molecule has 1 fully saturated rings. The Labute approximate surface area is 113 Å². The third-order valence-electron chi connectivity index (χ3n) is 4.26. The van der Waals surface area contributed by atoms with E-state index in [2.05, 4.69) is 59.4 Å². The molecule has 1 aromatic rings. The fraction of sp³-hybridized carbons (Fsp3) is 0.600. The Bertz CT molecular complexity index is 364. The average molecular weight is 296 g/mol. The van der Waals surface area contributed by atoms with Gasteiger partial charge in [0.1, 0.15) is 0 Å². The molecule has 0 radical (unpaired) electrons. The Morgan fingerprint density at radius 3 is 2.71 bits per heavy atom. The highest BCUT2D eigenvalue weighted by Gasteiger charge is 2.30. The molecule has 0 heterocycles. The first kappa shape index (κ1) is 13.1. The van der Waals surface area contributed by atoms with Crippen molar-refractivity contribution in [3.05, 3.63) is 34.3 Å². The second-order valence-corrected chi connectivity index (χ2v) is 6.04. The highest BCUT2D eigenvalue weighted by Crippen LogP contribution is 2.34. The third-order valence-corrected chi connectivity index (χ3v) is 5.04. The molecule has 0 amide bonds. The molecule has 1 aliphatic carbocycles. The van der Waals surface area contributed by atoms with Crippen LogP contribution in [0.5, 0.6) is 0 Å². The lowest BCUT2D eigenvalue weighted by molar-refractivity contribution is 0.344. The molecule has 2 rings (SSSR count). The first-order valence-corrected chi connectivity index (χ1v) is 7.48. The zero-order valence-corrected chi connectivity index (χ0v) is 12.3. The molecule has 1 N–H and O–H groups in total. The van der Waals surface area contributed by atoms with Gasteiger partial charge in [0, 0.05) is 17.1 Å². The SMILES string of the molecule is CCC1CCC(NCc2ccccc2Br)C1C. The van der Waals surface area contributed by atoms with Crippen molar-refractivity contribution in [3.63, 3.8) is 0 Å². The van der Waals surface area contributed by atoms with Gasteiger partial charge in [-0.25, -0.2) is 0 Å². The van der Waals surface area contributed by atoms with Crippen molar-refractivity contribution >= 4 is 15.9 Å². The van der Waals surface area contributed by atoms with Gasteiger partial charge in [0.15, 0.2) is 0 Å². The molecule has 1 saturated carbocycles. The fourth-order valence-electron chi connectivity index (χ4n) is 2.99. The lowest BCUT2D eigenvalue weighted by Gasteiger charge is -2.21. The van der Waals surface area contributed by atoms with Gasteiger partial charge < -0.3 is 5.32 Å². The van der Waals surface area contributed by atoms with Crippen molar-refractivity contribution < 1.29 is 0 Å². The van der Waals surface area contributed by atoms with E-state index in [1.54, 1.807) is 0 Å². The summed E-state index contributed by atoms with van der Waals surface area (Å²) in [6.07, 6.45) is 4.06. The minimum Gasteiger partial charge on any atom is -0.310 e. The molecule has 17 heavy (non-hydrogen) atoms. The van der Waals surface area contributed by atoms with Crippen molar-refractivity contribution in [2.75, 3.05) is 0 Å². The van der Waals surface area contributed by atoms with E-state index >= 15 is 0 Å². The van der Waals surface area contributed by atoms with Crippen molar-refractivity contribution in [2.24, 2.45) is 11.8 Å². The fourth-order valence-corrected chi connectivity index (χ4v) is 3.42. The Morgan fingerprint density at radius 2 is 2.06 bits per heavy atom. The first-order chi connectivity index (χ1) is 8.22. The predicted molar refractivity (Wildman–Crippen MR) is 76.9 cm³/mol. The van der Waals surface area contributed by atoms with Crippen LogP contribution in [0.2, 0.25) is 0 Å². The maximum Gasteiger partial charge on any atom is 0.0220 e. The monoisotopic (exact) mass is 295 g/mol. The Morgan fingerprint density at radius 1 is 1.29 bits per heavy atom. The molecular weight excluding hydrogens is 274 g/mol. The number of rotatable bonds is 4. The Hall–Kier alpha value is -0.340. The quantitative estimate of drug-likeness (QED) is 0.870. The van der Waals surface area contributed by atoms with Crippen LogP contribution in [0.15, 0.2) is 28.7 Å². The summed E-state index contributed by atoms with van der Waals surface area (Å²) in [5, 5.41) is 3.72. The van der Waals surface area contributed by atoms with E-state index in [4.69, 9.17) is 0 Å². The molecule has 3 unspecified atom stereocenters. The van der Waals surface area contributed by atoms with Gasteiger partial charge >= 0.3 is 0 Å². The lowest BCUT2D eigenvalue weighted by atomic mass is 9.93. The summed E-state index contributed by atoms with van der Waals surface area (Å²) in [6, 6.07) is 9.18. The number of benzene rings is 1. The summed E-state index contributed by atoms with van der Waals surface area (Å²) in [5.74, 6) is 1.74. The normalized spacial score (nSPS) is 28.5. The van der Waals surface area contributed by atoms with Crippen LogP contribution in [0, 0.1) is 11.8 Å². The summed E-state index contributed by atoms with van der Waals surface area (Å²) < 4.78 is 1.21. The third kappa shape index (κ3) is 3.11. The highest BCUT2D eigenvalue weighted by molar-refractivity contribution is 9.10. The maximum absolute atomic E-state index is 3.72. The van der Waals surface area contributed by atoms with Crippen LogP contribution in [-0.4, -0.2) is 6.04 Å². The van der Waals surface area contributed by atoms with Gasteiger partial charge in [0.05, 0.1) is 0 Å². The standard InChI is InChI=1S/C15H22BrN/c1-3-12-8-9-15(11(12)2)17-10-13-6-4-5-7-14(13)16/h4-7,11-12,15,17H,3,8-10H2,1-2H3. The van der Waals surface area contributed by atoms with Crippen LogP contribution in [0.3, 0.4) is 0 Å². The van der Waals surface area contributed by atoms with Gasteiger partial charge in [-0.2, -0.15) is 0 Å². The molecule has 1 aromatic carbocycles. The average Bonchev–Trinajstić information content (AvgIpc) is 2.69. The molecule has 3 atom stereocenters. The Balaban J connectivity index is 1.89. The van der Waals surface area contributed by atoms with E-state index < -0.39 is 0 Å². The topological polar surface area (TPSA) is 12.0 Å². The molecular formula is C15H22BrN. The lowest BCUT2D eigenvalue weighted by Crippen LogP contribution is -2.32. The van der Waals surface area contributed by atoms with Crippen LogP contribution in [0.1, 0.15) is 38.7 Å². The summed E-state index contributed by atoms with van der Waals surface area (Å²) in [4.78, 5) is 0. The minimum atomic E-state index is 0.701.